The summed E-state index contributed by atoms with van der Waals surface area (Å²) in [5, 5.41) is 0. The second kappa shape index (κ2) is 20.4. The summed E-state index contributed by atoms with van der Waals surface area (Å²) in [6, 6.07) is 0. The molecule has 240 valence electrons. The van der Waals surface area contributed by atoms with Crippen LogP contribution in [0.3, 0.4) is 0 Å². The molecule has 0 bridgehead atoms. The predicted octanol–water partition coefficient (Wildman–Crippen LogP) is 1.59. The number of carbonyl (C=O) groups excluding carboxylic acids is 6. The van der Waals surface area contributed by atoms with Crippen molar-refractivity contribution in [3.8, 4) is 0 Å². The first-order valence-corrected chi connectivity index (χ1v) is 15.0. The molecule has 0 aliphatic rings. The van der Waals surface area contributed by atoms with Crippen molar-refractivity contribution in [3.63, 3.8) is 0 Å². The van der Waals surface area contributed by atoms with E-state index in [4.69, 9.17) is 28.0 Å². The zero-order chi connectivity index (χ0) is 33.1. The van der Waals surface area contributed by atoms with Crippen LogP contribution in [0.15, 0.2) is 48.6 Å². The highest BCUT2D eigenvalue weighted by molar-refractivity contribution is 7.61. The Hall–Kier alpha value is -3.56. The summed E-state index contributed by atoms with van der Waals surface area (Å²) < 4.78 is 58.3. The summed E-state index contributed by atoms with van der Waals surface area (Å²) in [6.45, 7) is 7.03. The largest absolute Gasteiger partial charge is 0.481 e. The average molecular weight is 654 g/mol. The van der Waals surface area contributed by atoms with Crippen LogP contribution in [0, 0.1) is 0 Å². The Balaban J connectivity index is 5.58. The number of ether oxygens (including phenoxy) is 4. The van der Waals surface area contributed by atoms with Crippen LogP contribution in [0.25, 0.3) is 0 Å². The van der Waals surface area contributed by atoms with Gasteiger partial charge in [0.15, 0.2) is 0 Å². The molecule has 2 N–H and O–H groups in total. The Morgan fingerprint density at radius 1 is 0.698 bits per heavy atom. The number of aldehydes is 2. The Bertz CT molecular complexity index is 1100. The second-order valence-electron chi connectivity index (χ2n) is 8.13. The fourth-order valence-corrected chi connectivity index (χ4v) is 4.81. The van der Waals surface area contributed by atoms with Crippen LogP contribution in [-0.4, -0.2) is 84.9 Å². The van der Waals surface area contributed by atoms with E-state index in [1.165, 1.54) is 13.8 Å². The molecule has 0 heterocycles. The van der Waals surface area contributed by atoms with E-state index in [2.05, 4.69) is 17.5 Å². The molecule has 0 aromatic carbocycles. The van der Waals surface area contributed by atoms with Gasteiger partial charge >= 0.3 is 39.5 Å². The summed E-state index contributed by atoms with van der Waals surface area (Å²) >= 11 is 0. The van der Waals surface area contributed by atoms with Gasteiger partial charge in [-0.2, -0.15) is 4.31 Å². The van der Waals surface area contributed by atoms with Gasteiger partial charge in [-0.1, -0.05) is 13.2 Å². The molecule has 0 spiro atoms. The lowest BCUT2D eigenvalue weighted by atomic mass is 10.3. The normalized spacial score (nSPS) is 15.3. The third-order valence-electron chi connectivity index (χ3n) is 4.26. The maximum Gasteiger partial charge on any atom is 0.481 e. The van der Waals surface area contributed by atoms with Gasteiger partial charge in [0.25, 0.3) is 0 Å². The minimum Gasteiger partial charge on any atom is -0.462 e. The summed E-state index contributed by atoms with van der Waals surface area (Å²) in [5.74, 6) is -3.75. The lowest BCUT2D eigenvalue weighted by Crippen LogP contribution is -2.25. The number of esters is 4. The van der Waals surface area contributed by atoms with Crippen molar-refractivity contribution in [3.05, 3.63) is 48.6 Å². The van der Waals surface area contributed by atoms with E-state index in [9.17, 15) is 47.7 Å². The van der Waals surface area contributed by atoms with Crippen molar-refractivity contribution >= 4 is 52.1 Å². The third-order valence-corrected chi connectivity index (χ3v) is 7.04. The molecule has 0 aliphatic carbocycles. The van der Waals surface area contributed by atoms with E-state index in [0.29, 0.717) is 0 Å². The van der Waals surface area contributed by atoms with Crippen molar-refractivity contribution in [1.82, 2.24) is 0 Å². The van der Waals surface area contributed by atoms with Gasteiger partial charge in [0, 0.05) is 36.1 Å². The van der Waals surface area contributed by atoms with E-state index in [-0.39, 0.29) is 23.7 Å². The quantitative estimate of drug-likeness (QED) is 0.0553. The van der Waals surface area contributed by atoms with Crippen LogP contribution < -0.4 is 0 Å². The average Bonchev–Trinajstić information content (AvgIpc) is 2.90. The van der Waals surface area contributed by atoms with E-state index >= 15 is 0 Å². The molecule has 0 saturated heterocycles. The van der Waals surface area contributed by atoms with Crippen molar-refractivity contribution < 1.29 is 80.0 Å². The lowest BCUT2D eigenvalue weighted by molar-refractivity contribution is -0.143. The van der Waals surface area contributed by atoms with Crippen LogP contribution in [0.5, 0.6) is 0 Å². The van der Waals surface area contributed by atoms with E-state index < -0.39 is 91.0 Å². The minimum atomic E-state index is -5.51. The number of hydrogen-bond acceptors (Lipinski definition) is 15. The SMILES string of the molecule is C=C(C)C(=O)OCCC(COC(=O)C=CC=O)OP(=O)(O)OP(=O)(O)OC(CCOC(=O)C(=C)C)COC(=O)C=CC=O. The number of hydrogen-bond donors (Lipinski definition) is 2. The number of rotatable bonds is 22. The number of phosphoric acid groups is 2. The van der Waals surface area contributed by atoms with Gasteiger partial charge in [-0.3, -0.25) is 18.6 Å². The van der Waals surface area contributed by atoms with Crippen LogP contribution >= 0.6 is 15.6 Å². The second-order valence-corrected chi connectivity index (χ2v) is 11.1. The Morgan fingerprint density at radius 3 is 1.35 bits per heavy atom. The number of allylic oxidation sites excluding steroid dienone is 2. The first-order valence-electron chi connectivity index (χ1n) is 12.0. The van der Waals surface area contributed by atoms with Crippen LogP contribution in [0.4, 0.5) is 0 Å². The Morgan fingerprint density at radius 2 is 1.05 bits per heavy atom. The fraction of sp³-hybridized carbons (Fsp3) is 0.417. The summed E-state index contributed by atoms with van der Waals surface area (Å²) in [7, 11) is -11.0. The molecule has 0 saturated carbocycles. The lowest BCUT2D eigenvalue weighted by Gasteiger charge is -2.24. The molecule has 19 heteroatoms. The molecule has 4 atom stereocenters. The summed E-state index contributed by atoms with van der Waals surface area (Å²) in [6.07, 6.45) is -0.296. The standard InChI is InChI=1S/C24H32O17P2/c1-17(2)23(29)35-13-9-19(15-37-21(27)7-5-11-25)39-42(31,32)41-43(33,34)40-20(10-14-36-24(30)18(3)4)16-38-22(28)8-6-12-26/h5-8,11-12,19-20H,1,3,9-10,13-16H2,2,4H3,(H,31,32)(H,33,34). The van der Waals surface area contributed by atoms with Gasteiger partial charge in [-0.15, -0.1) is 0 Å². The monoisotopic (exact) mass is 654 g/mol. The molecule has 0 aromatic heterocycles. The van der Waals surface area contributed by atoms with Crippen molar-refractivity contribution in [2.75, 3.05) is 26.4 Å². The van der Waals surface area contributed by atoms with Crippen molar-refractivity contribution in [2.24, 2.45) is 0 Å². The molecule has 17 nitrogen and oxygen atoms in total. The third kappa shape index (κ3) is 20.1. The highest BCUT2D eigenvalue weighted by Crippen LogP contribution is 2.61. The van der Waals surface area contributed by atoms with E-state index in [0.717, 1.165) is 24.3 Å². The molecular weight excluding hydrogens is 622 g/mol. The zero-order valence-electron chi connectivity index (χ0n) is 23.2. The van der Waals surface area contributed by atoms with Crippen LogP contribution in [-0.2, 0) is 70.2 Å². The van der Waals surface area contributed by atoms with Gasteiger partial charge in [0.05, 0.1) is 13.2 Å². The summed E-state index contributed by atoms with van der Waals surface area (Å²) in [5.41, 5.74) is 0.0682. The van der Waals surface area contributed by atoms with Gasteiger partial charge in [-0.25, -0.2) is 28.3 Å². The highest BCUT2D eigenvalue weighted by atomic mass is 31.3. The van der Waals surface area contributed by atoms with Crippen LogP contribution in [0.1, 0.15) is 26.7 Å². The molecule has 0 rings (SSSR count). The van der Waals surface area contributed by atoms with Gasteiger partial charge in [0.2, 0.25) is 0 Å². The Kier molecular flexibility index (Phi) is 18.7. The molecule has 0 fully saturated rings. The Labute approximate surface area is 246 Å². The molecule has 0 aromatic rings. The van der Waals surface area contributed by atoms with Gasteiger partial charge in [0.1, 0.15) is 38.0 Å². The molecule has 0 amide bonds. The summed E-state index contributed by atoms with van der Waals surface area (Å²) in [4.78, 5) is 87.4. The molecule has 0 radical (unpaired) electrons. The molecule has 43 heavy (non-hydrogen) atoms. The van der Waals surface area contributed by atoms with E-state index in [1.54, 1.807) is 0 Å². The number of phosphoric ester groups is 2. The van der Waals surface area contributed by atoms with Crippen LogP contribution in [0.2, 0.25) is 0 Å². The van der Waals surface area contributed by atoms with Crippen molar-refractivity contribution in [2.45, 2.75) is 38.9 Å². The van der Waals surface area contributed by atoms with Gasteiger partial charge in [-0.05, 0) is 26.0 Å². The highest BCUT2D eigenvalue weighted by Gasteiger charge is 2.39. The smallest absolute Gasteiger partial charge is 0.462 e. The molecule has 4 unspecified atom stereocenters. The molecular formula is C24H32O17P2. The zero-order valence-corrected chi connectivity index (χ0v) is 25.0. The maximum atomic E-state index is 12.6. The predicted molar refractivity (Wildman–Crippen MR) is 144 cm³/mol. The maximum absolute atomic E-state index is 12.6. The first-order chi connectivity index (χ1) is 20.0. The molecule has 0 aliphatic heterocycles. The fourth-order valence-electron chi connectivity index (χ4n) is 2.37. The van der Waals surface area contributed by atoms with Gasteiger partial charge < -0.3 is 28.7 Å². The first kappa shape index (κ1) is 39.4. The minimum absolute atomic E-state index is 0.0341. The van der Waals surface area contributed by atoms with E-state index in [1.807, 2.05) is 0 Å². The number of carbonyl (C=O) groups is 6. The topological polar surface area (TPSA) is 242 Å². The van der Waals surface area contributed by atoms with Crippen molar-refractivity contribution in [1.29, 1.82) is 0 Å².